The van der Waals surface area contributed by atoms with Crippen molar-refractivity contribution in [1.29, 1.82) is 0 Å². The molecule has 0 saturated heterocycles. The van der Waals surface area contributed by atoms with Gasteiger partial charge in [-0.2, -0.15) is 0 Å². The predicted molar refractivity (Wildman–Crippen MR) is 69.9 cm³/mol. The minimum absolute atomic E-state index is 0.239. The molecule has 0 heterocycles. The molecule has 16 heavy (non-hydrogen) atoms. The largest absolute Gasteiger partial charge is 0.393 e. The first kappa shape index (κ1) is 13.5. The zero-order valence-electron chi connectivity index (χ0n) is 10.1. The van der Waals surface area contributed by atoms with Gasteiger partial charge in [0.15, 0.2) is 0 Å². The van der Waals surface area contributed by atoms with Crippen LogP contribution in [-0.4, -0.2) is 11.2 Å². The quantitative estimate of drug-likeness (QED) is 0.795. The Hall–Kier alpha value is -0.530. The molecule has 0 amide bonds. The Labute approximate surface area is 103 Å². The Morgan fingerprint density at radius 3 is 2.62 bits per heavy atom. The van der Waals surface area contributed by atoms with E-state index < -0.39 is 0 Å². The summed E-state index contributed by atoms with van der Waals surface area (Å²) in [7, 11) is 0. The molecule has 1 nitrogen and oxygen atoms in total. The topological polar surface area (TPSA) is 20.2 Å². The standard InChI is InChI=1S/C14H21ClO/c1-11(2)5-3-8-14(16)10-12-6-4-7-13(15)9-12/h4,6-7,9,11,14,16H,3,5,8,10H2,1-2H3. The maximum atomic E-state index is 9.86. The Morgan fingerprint density at radius 1 is 1.25 bits per heavy atom. The molecule has 0 aliphatic carbocycles. The molecule has 0 aromatic heterocycles. The minimum atomic E-state index is -0.239. The smallest absolute Gasteiger partial charge is 0.0580 e. The molecule has 90 valence electrons. The van der Waals surface area contributed by atoms with Crippen molar-refractivity contribution in [3.8, 4) is 0 Å². The first-order valence-corrected chi connectivity index (χ1v) is 6.38. The monoisotopic (exact) mass is 240 g/mol. The van der Waals surface area contributed by atoms with Crippen molar-refractivity contribution >= 4 is 11.6 Å². The van der Waals surface area contributed by atoms with Crippen LogP contribution in [0.1, 0.15) is 38.7 Å². The third kappa shape index (κ3) is 5.53. The number of rotatable bonds is 6. The van der Waals surface area contributed by atoms with Crippen molar-refractivity contribution in [2.45, 2.75) is 45.6 Å². The lowest BCUT2D eigenvalue weighted by molar-refractivity contribution is 0.159. The summed E-state index contributed by atoms with van der Waals surface area (Å²) in [6, 6.07) is 7.72. The van der Waals surface area contributed by atoms with Gasteiger partial charge in [0.1, 0.15) is 0 Å². The van der Waals surface area contributed by atoms with Gasteiger partial charge in [0.2, 0.25) is 0 Å². The molecule has 2 heteroatoms. The van der Waals surface area contributed by atoms with Crippen molar-refractivity contribution in [2.24, 2.45) is 5.92 Å². The summed E-state index contributed by atoms with van der Waals surface area (Å²) < 4.78 is 0. The van der Waals surface area contributed by atoms with Crippen LogP contribution in [0.15, 0.2) is 24.3 Å². The van der Waals surface area contributed by atoms with Crippen LogP contribution in [0.2, 0.25) is 5.02 Å². The zero-order valence-corrected chi connectivity index (χ0v) is 10.9. The molecule has 1 unspecified atom stereocenters. The molecule has 0 bridgehead atoms. The van der Waals surface area contributed by atoms with E-state index in [0.717, 1.165) is 29.3 Å². The summed E-state index contributed by atoms with van der Waals surface area (Å²) in [6.45, 7) is 4.42. The highest BCUT2D eigenvalue weighted by molar-refractivity contribution is 6.30. The number of hydrogen-bond acceptors (Lipinski definition) is 1. The fourth-order valence-electron chi connectivity index (χ4n) is 1.80. The molecule has 0 spiro atoms. The Morgan fingerprint density at radius 2 is 2.00 bits per heavy atom. The Kier molecular flexibility index (Phi) is 5.86. The van der Waals surface area contributed by atoms with E-state index in [1.165, 1.54) is 6.42 Å². The number of aliphatic hydroxyl groups excluding tert-OH is 1. The fourth-order valence-corrected chi connectivity index (χ4v) is 2.01. The molecule has 1 rings (SSSR count). The summed E-state index contributed by atoms with van der Waals surface area (Å²) in [5, 5.41) is 10.6. The second-order valence-electron chi connectivity index (χ2n) is 4.81. The van der Waals surface area contributed by atoms with E-state index in [-0.39, 0.29) is 6.10 Å². The van der Waals surface area contributed by atoms with Crippen LogP contribution in [0, 0.1) is 5.92 Å². The van der Waals surface area contributed by atoms with Crippen molar-refractivity contribution in [3.63, 3.8) is 0 Å². The molecular formula is C14H21ClO. The summed E-state index contributed by atoms with van der Waals surface area (Å²) >= 11 is 5.89. The van der Waals surface area contributed by atoms with Gasteiger partial charge >= 0.3 is 0 Å². The average molecular weight is 241 g/mol. The van der Waals surface area contributed by atoms with Crippen LogP contribution >= 0.6 is 11.6 Å². The van der Waals surface area contributed by atoms with E-state index in [4.69, 9.17) is 11.6 Å². The fraction of sp³-hybridized carbons (Fsp3) is 0.571. The summed E-state index contributed by atoms with van der Waals surface area (Å²) in [4.78, 5) is 0. The maximum Gasteiger partial charge on any atom is 0.0580 e. The van der Waals surface area contributed by atoms with Gasteiger partial charge < -0.3 is 5.11 Å². The van der Waals surface area contributed by atoms with Crippen LogP contribution in [-0.2, 0) is 6.42 Å². The number of hydrogen-bond donors (Lipinski definition) is 1. The van der Waals surface area contributed by atoms with Gasteiger partial charge in [0.05, 0.1) is 6.10 Å². The molecule has 0 saturated carbocycles. The van der Waals surface area contributed by atoms with Crippen LogP contribution < -0.4 is 0 Å². The Bertz CT molecular complexity index is 309. The third-order valence-corrected chi connectivity index (χ3v) is 2.91. The highest BCUT2D eigenvalue weighted by Gasteiger charge is 2.06. The summed E-state index contributed by atoms with van der Waals surface area (Å²) in [5.41, 5.74) is 1.12. The van der Waals surface area contributed by atoms with Gasteiger partial charge in [-0.25, -0.2) is 0 Å². The Balaban J connectivity index is 2.31. The van der Waals surface area contributed by atoms with Gasteiger partial charge in [-0.05, 0) is 36.5 Å². The number of benzene rings is 1. The van der Waals surface area contributed by atoms with Crippen LogP contribution in [0.25, 0.3) is 0 Å². The van der Waals surface area contributed by atoms with Crippen molar-refractivity contribution < 1.29 is 5.11 Å². The average Bonchev–Trinajstić information content (AvgIpc) is 2.16. The van der Waals surface area contributed by atoms with Crippen LogP contribution in [0.5, 0.6) is 0 Å². The van der Waals surface area contributed by atoms with Gasteiger partial charge in [0.25, 0.3) is 0 Å². The maximum absolute atomic E-state index is 9.86. The second kappa shape index (κ2) is 6.93. The molecule has 1 atom stereocenters. The predicted octanol–water partition coefficient (Wildman–Crippen LogP) is 4.07. The van der Waals surface area contributed by atoms with Gasteiger partial charge in [0, 0.05) is 5.02 Å². The SMILES string of the molecule is CC(C)CCCC(O)Cc1cccc(Cl)c1. The first-order chi connectivity index (χ1) is 7.58. The van der Waals surface area contributed by atoms with Crippen LogP contribution in [0.3, 0.4) is 0 Å². The summed E-state index contributed by atoms with van der Waals surface area (Å²) in [5.74, 6) is 0.721. The van der Waals surface area contributed by atoms with Crippen molar-refractivity contribution in [1.82, 2.24) is 0 Å². The highest BCUT2D eigenvalue weighted by atomic mass is 35.5. The lowest BCUT2D eigenvalue weighted by Crippen LogP contribution is -2.10. The molecule has 1 N–H and O–H groups in total. The van der Waals surface area contributed by atoms with Gasteiger partial charge in [-0.3, -0.25) is 0 Å². The van der Waals surface area contributed by atoms with Crippen molar-refractivity contribution in [3.05, 3.63) is 34.9 Å². The van der Waals surface area contributed by atoms with E-state index in [9.17, 15) is 5.11 Å². The molecule has 0 fully saturated rings. The van der Waals surface area contributed by atoms with E-state index in [1.807, 2.05) is 24.3 Å². The van der Waals surface area contributed by atoms with Gasteiger partial charge in [-0.1, -0.05) is 50.4 Å². The minimum Gasteiger partial charge on any atom is -0.393 e. The van der Waals surface area contributed by atoms with Crippen LogP contribution in [0.4, 0.5) is 0 Å². The number of halogens is 1. The van der Waals surface area contributed by atoms with Crippen molar-refractivity contribution in [2.75, 3.05) is 0 Å². The van der Waals surface area contributed by atoms with E-state index >= 15 is 0 Å². The first-order valence-electron chi connectivity index (χ1n) is 6.00. The van der Waals surface area contributed by atoms with E-state index in [2.05, 4.69) is 13.8 Å². The summed E-state index contributed by atoms with van der Waals surface area (Å²) in [6.07, 6.45) is 3.63. The molecule has 0 radical (unpaired) electrons. The zero-order chi connectivity index (χ0) is 12.0. The molecule has 0 aliphatic rings. The normalized spacial score (nSPS) is 13.1. The van der Waals surface area contributed by atoms with Gasteiger partial charge in [-0.15, -0.1) is 0 Å². The molecule has 1 aromatic carbocycles. The molecule has 0 aliphatic heterocycles. The lowest BCUT2D eigenvalue weighted by Gasteiger charge is -2.11. The number of aliphatic hydroxyl groups is 1. The molecule has 1 aromatic rings. The lowest BCUT2D eigenvalue weighted by atomic mass is 10.0. The second-order valence-corrected chi connectivity index (χ2v) is 5.25. The molecular weight excluding hydrogens is 220 g/mol. The third-order valence-electron chi connectivity index (χ3n) is 2.68. The highest BCUT2D eigenvalue weighted by Crippen LogP contribution is 2.15. The van der Waals surface area contributed by atoms with E-state index in [1.54, 1.807) is 0 Å². The van der Waals surface area contributed by atoms with E-state index in [0.29, 0.717) is 6.42 Å².